The summed E-state index contributed by atoms with van der Waals surface area (Å²) in [5.74, 6) is 1.05. The van der Waals surface area contributed by atoms with Crippen LogP contribution < -0.4 is 4.90 Å². The van der Waals surface area contributed by atoms with E-state index in [0.717, 1.165) is 47.8 Å². The van der Waals surface area contributed by atoms with Crippen LogP contribution in [0.2, 0.25) is 0 Å². The van der Waals surface area contributed by atoms with Crippen molar-refractivity contribution in [3.8, 4) is 17.2 Å². The van der Waals surface area contributed by atoms with E-state index in [0.29, 0.717) is 5.56 Å². The molecule has 2 heterocycles. The average molecular weight is 381 g/mol. The second-order valence-corrected chi connectivity index (χ2v) is 7.13. The summed E-state index contributed by atoms with van der Waals surface area (Å²) in [6.45, 7) is 5.91. The van der Waals surface area contributed by atoms with Crippen LogP contribution in [0.5, 0.6) is 0 Å². The molecule has 144 valence electrons. The summed E-state index contributed by atoms with van der Waals surface area (Å²) >= 11 is 0. The molecule has 5 nitrogen and oxygen atoms in total. The molecule has 0 amide bonds. The van der Waals surface area contributed by atoms with Crippen molar-refractivity contribution < 1.29 is 0 Å². The van der Waals surface area contributed by atoms with E-state index in [1.54, 1.807) is 6.20 Å². The maximum Gasteiger partial charge on any atom is 0.157 e. The van der Waals surface area contributed by atoms with Gasteiger partial charge in [-0.15, -0.1) is 0 Å². The molecule has 0 fully saturated rings. The number of nitrogens with zero attached hydrogens (tertiary/aromatic N) is 5. The van der Waals surface area contributed by atoms with Crippen molar-refractivity contribution in [3.63, 3.8) is 0 Å². The minimum Gasteiger partial charge on any atom is -0.352 e. The highest BCUT2D eigenvalue weighted by Gasteiger charge is 2.13. The molecule has 5 heteroatoms. The Hall–Kier alpha value is -3.65. The zero-order valence-corrected chi connectivity index (χ0v) is 16.7. The standard InChI is InChI=1S/C24H23N5/c1-3-14-28(24-15-18(2)27-23-12-13-26-29(23)24)17-19-8-10-20(11-9-19)22-7-5-4-6-21(22)16-25/h4-13,15H,3,14,17H2,1-2H3. The second kappa shape index (κ2) is 8.15. The summed E-state index contributed by atoms with van der Waals surface area (Å²) < 4.78 is 1.90. The molecule has 2 aromatic carbocycles. The highest BCUT2D eigenvalue weighted by atomic mass is 15.3. The van der Waals surface area contributed by atoms with Crippen LogP contribution in [-0.4, -0.2) is 21.1 Å². The number of anilines is 1. The Bertz CT molecular complexity index is 1170. The lowest BCUT2D eigenvalue weighted by atomic mass is 9.99. The lowest BCUT2D eigenvalue weighted by Gasteiger charge is -2.25. The number of nitriles is 1. The van der Waals surface area contributed by atoms with Crippen molar-refractivity contribution in [3.05, 3.63) is 83.7 Å². The molecule has 0 N–H and O–H groups in total. The van der Waals surface area contributed by atoms with Crippen LogP contribution >= 0.6 is 0 Å². The van der Waals surface area contributed by atoms with Crippen molar-refractivity contribution in [2.75, 3.05) is 11.4 Å². The molecule has 0 saturated heterocycles. The van der Waals surface area contributed by atoms with Gasteiger partial charge < -0.3 is 4.90 Å². The fraction of sp³-hybridized carbons (Fsp3) is 0.208. The lowest BCUT2D eigenvalue weighted by Crippen LogP contribution is -2.26. The van der Waals surface area contributed by atoms with E-state index in [1.807, 2.05) is 41.8 Å². The van der Waals surface area contributed by atoms with Crippen molar-refractivity contribution in [1.29, 1.82) is 5.26 Å². The monoisotopic (exact) mass is 381 g/mol. The van der Waals surface area contributed by atoms with Crippen LogP contribution in [0.4, 0.5) is 5.82 Å². The third kappa shape index (κ3) is 3.83. The number of hydrogen-bond donors (Lipinski definition) is 0. The van der Waals surface area contributed by atoms with Gasteiger partial charge in [0.15, 0.2) is 5.65 Å². The minimum absolute atomic E-state index is 0.696. The molecule has 29 heavy (non-hydrogen) atoms. The SMILES string of the molecule is CCCN(Cc1ccc(-c2ccccc2C#N)cc1)c1cc(C)nc2ccnn12. The highest BCUT2D eigenvalue weighted by Crippen LogP contribution is 2.25. The molecule has 0 saturated carbocycles. The normalized spacial score (nSPS) is 10.8. The molecule has 0 spiro atoms. The quantitative estimate of drug-likeness (QED) is 0.472. The predicted molar refractivity (Wildman–Crippen MR) is 116 cm³/mol. The van der Waals surface area contributed by atoms with Gasteiger partial charge in [-0.1, -0.05) is 49.4 Å². The minimum atomic E-state index is 0.696. The van der Waals surface area contributed by atoms with Crippen molar-refractivity contribution in [2.45, 2.75) is 26.8 Å². The molecule has 4 aromatic rings. The number of aryl methyl sites for hydroxylation is 1. The molecule has 2 aromatic heterocycles. The zero-order valence-electron chi connectivity index (χ0n) is 16.7. The highest BCUT2D eigenvalue weighted by molar-refractivity contribution is 5.70. The number of aromatic nitrogens is 3. The maximum atomic E-state index is 9.36. The Morgan fingerprint density at radius 2 is 1.86 bits per heavy atom. The summed E-state index contributed by atoms with van der Waals surface area (Å²) in [6, 6.07) is 22.5. The number of fused-ring (bicyclic) bond motifs is 1. The Balaban J connectivity index is 1.64. The van der Waals surface area contributed by atoms with E-state index < -0.39 is 0 Å². The first kappa shape index (κ1) is 18.7. The molecule has 0 aliphatic carbocycles. The van der Waals surface area contributed by atoms with Gasteiger partial charge in [-0.2, -0.15) is 14.9 Å². The van der Waals surface area contributed by atoms with Gasteiger partial charge in [0.1, 0.15) is 5.82 Å². The molecule has 0 atom stereocenters. The first-order chi connectivity index (χ1) is 14.2. The Morgan fingerprint density at radius 3 is 2.62 bits per heavy atom. The van der Waals surface area contributed by atoms with Crippen LogP contribution in [0.1, 0.15) is 30.2 Å². The first-order valence-electron chi connectivity index (χ1n) is 9.84. The van der Waals surface area contributed by atoms with E-state index in [4.69, 9.17) is 0 Å². The zero-order chi connectivity index (χ0) is 20.2. The largest absolute Gasteiger partial charge is 0.352 e. The molecule has 0 unspecified atom stereocenters. The van der Waals surface area contributed by atoms with Crippen LogP contribution in [0, 0.1) is 18.3 Å². The van der Waals surface area contributed by atoms with Crippen molar-refractivity contribution in [1.82, 2.24) is 14.6 Å². The molecular formula is C24H23N5. The molecule has 4 rings (SSSR count). The summed E-state index contributed by atoms with van der Waals surface area (Å²) in [5.41, 5.74) is 5.78. The van der Waals surface area contributed by atoms with E-state index in [2.05, 4.69) is 58.3 Å². The summed E-state index contributed by atoms with van der Waals surface area (Å²) in [5, 5.41) is 13.8. The van der Waals surface area contributed by atoms with E-state index in [1.165, 1.54) is 5.56 Å². The Labute approximate surface area is 170 Å². The fourth-order valence-corrected chi connectivity index (χ4v) is 3.63. The molecule has 0 aliphatic rings. The van der Waals surface area contributed by atoms with Crippen LogP contribution in [0.15, 0.2) is 66.9 Å². The smallest absolute Gasteiger partial charge is 0.157 e. The van der Waals surface area contributed by atoms with Crippen molar-refractivity contribution >= 4 is 11.5 Å². The van der Waals surface area contributed by atoms with Gasteiger partial charge in [0.25, 0.3) is 0 Å². The van der Waals surface area contributed by atoms with Crippen LogP contribution in [-0.2, 0) is 6.54 Å². The van der Waals surface area contributed by atoms with E-state index in [-0.39, 0.29) is 0 Å². The Kier molecular flexibility index (Phi) is 5.26. The van der Waals surface area contributed by atoms with Gasteiger partial charge in [0.2, 0.25) is 0 Å². The third-order valence-corrected chi connectivity index (χ3v) is 4.97. The van der Waals surface area contributed by atoms with Gasteiger partial charge in [-0.3, -0.25) is 0 Å². The molecular weight excluding hydrogens is 358 g/mol. The van der Waals surface area contributed by atoms with E-state index >= 15 is 0 Å². The Morgan fingerprint density at radius 1 is 1.07 bits per heavy atom. The van der Waals surface area contributed by atoms with Gasteiger partial charge in [0, 0.05) is 30.9 Å². The van der Waals surface area contributed by atoms with Gasteiger partial charge in [-0.25, -0.2) is 4.98 Å². The lowest BCUT2D eigenvalue weighted by molar-refractivity contribution is 0.730. The van der Waals surface area contributed by atoms with Crippen molar-refractivity contribution in [2.24, 2.45) is 0 Å². The number of rotatable bonds is 6. The number of benzene rings is 2. The molecule has 0 bridgehead atoms. The van der Waals surface area contributed by atoms with Crippen LogP contribution in [0.3, 0.4) is 0 Å². The molecule has 0 aliphatic heterocycles. The molecule has 0 radical (unpaired) electrons. The summed E-state index contributed by atoms with van der Waals surface area (Å²) in [6.07, 6.45) is 2.83. The fourth-order valence-electron chi connectivity index (χ4n) is 3.63. The average Bonchev–Trinajstić information content (AvgIpc) is 3.22. The summed E-state index contributed by atoms with van der Waals surface area (Å²) in [7, 11) is 0. The maximum absolute atomic E-state index is 9.36. The summed E-state index contributed by atoms with van der Waals surface area (Å²) in [4.78, 5) is 6.90. The van der Waals surface area contributed by atoms with Crippen LogP contribution in [0.25, 0.3) is 16.8 Å². The van der Waals surface area contributed by atoms with Gasteiger partial charge in [0.05, 0.1) is 17.8 Å². The second-order valence-electron chi connectivity index (χ2n) is 7.13. The first-order valence-corrected chi connectivity index (χ1v) is 9.84. The number of hydrogen-bond acceptors (Lipinski definition) is 4. The van der Waals surface area contributed by atoms with Gasteiger partial charge in [-0.05, 0) is 36.1 Å². The predicted octanol–water partition coefficient (Wildman–Crippen LogP) is 4.99. The van der Waals surface area contributed by atoms with E-state index in [9.17, 15) is 5.26 Å². The third-order valence-electron chi connectivity index (χ3n) is 4.97. The van der Waals surface area contributed by atoms with Gasteiger partial charge >= 0.3 is 0 Å². The topological polar surface area (TPSA) is 57.2 Å².